The maximum atomic E-state index is 11.9. The third kappa shape index (κ3) is 5.67. The van der Waals surface area contributed by atoms with Crippen LogP contribution < -0.4 is 0 Å². The largest absolute Gasteiger partial charge is 0.294 e. The number of rotatable bonds is 5. The summed E-state index contributed by atoms with van der Waals surface area (Å²) in [5, 5.41) is 0. The Hall–Kier alpha value is -1.89. The summed E-state index contributed by atoms with van der Waals surface area (Å²) in [6, 6.07) is 16.7. The molecule has 0 saturated carbocycles. The van der Waals surface area contributed by atoms with E-state index in [4.69, 9.17) is 0 Å². The van der Waals surface area contributed by atoms with Gasteiger partial charge in [0, 0.05) is 11.5 Å². The van der Waals surface area contributed by atoms with Gasteiger partial charge in [0.05, 0.1) is 0 Å². The number of ketones is 1. The van der Waals surface area contributed by atoms with E-state index in [1.54, 1.807) is 0 Å². The lowest BCUT2D eigenvalue weighted by Gasteiger charge is -2.08. The van der Waals surface area contributed by atoms with E-state index in [2.05, 4.69) is 38.1 Å². The molecular formula is C22H30O. The van der Waals surface area contributed by atoms with Gasteiger partial charge in [-0.25, -0.2) is 0 Å². The van der Waals surface area contributed by atoms with Crippen LogP contribution in [0.3, 0.4) is 0 Å². The summed E-state index contributed by atoms with van der Waals surface area (Å²) in [5.41, 5.74) is 4.53. The molecule has 0 aliphatic heterocycles. The standard InChI is InChI=1S/C20H24O.C2H6/c1-14(2)13-16-5-7-17(8-6-16)18-9-11-19(12-10-18)20(21)15(3)4;1-2/h5-12,14-15H,13H2,1-4H3;1-2H3. The van der Waals surface area contributed by atoms with Crippen molar-refractivity contribution in [2.45, 2.75) is 48.0 Å². The predicted molar refractivity (Wildman–Crippen MR) is 101 cm³/mol. The van der Waals surface area contributed by atoms with E-state index in [-0.39, 0.29) is 11.7 Å². The van der Waals surface area contributed by atoms with Crippen molar-refractivity contribution >= 4 is 5.78 Å². The average molecular weight is 310 g/mol. The van der Waals surface area contributed by atoms with Crippen molar-refractivity contribution in [3.05, 3.63) is 59.7 Å². The molecule has 0 saturated heterocycles. The Bertz CT molecular complexity index is 589. The number of carbonyl (C=O) groups is 1. The molecule has 0 radical (unpaired) electrons. The number of benzene rings is 2. The molecule has 2 aromatic rings. The van der Waals surface area contributed by atoms with E-state index >= 15 is 0 Å². The van der Waals surface area contributed by atoms with Crippen LogP contribution in [0.4, 0.5) is 0 Å². The third-order valence-corrected chi connectivity index (χ3v) is 3.63. The highest BCUT2D eigenvalue weighted by molar-refractivity contribution is 5.97. The summed E-state index contributed by atoms with van der Waals surface area (Å²) in [6.45, 7) is 12.3. The van der Waals surface area contributed by atoms with Gasteiger partial charge in [-0.15, -0.1) is 0 Å². The van der Waals surface area contributed by atoms with E-state index < -0.39 is 0 Å². The summed E-state index contributed by atoms with van der Waals surface area (Å²) in [4.78, 5) is 11.9. The Kier molecular flexibility index (Phi) is 7.74. The first-order valence-electron chi connectivity index (χ1n) is 8.71. The molecular weight excluding hydrogens is 280 g/mol. The number of carbonyl (C=O) groups excluding carboxylic acids is 1. The third-order valence-electron chi connectivity index (χ3n) is 3.63. The van der Waals surface area contributed by atoms with Gasteiger partial charge in [-0.3, -0.25) is 4.79 Å². The fourth-order valence-electron chi connectivity index (χ4n) is 2.46. The van der Waals surface area contributed by atoms with E-state index in [9.17, 15) is 4.79 Å². The molecule has 0 unspecified atom stereocenters. The highest BCUT2D eigenvalue weighted by Gasteiger charge is 2.10. The molecule has 1 heteroatoms. The van der Waals surface area contributed by atoms with Crippen LogP contribution in [-0.2, 0) is 6.42 Å². The van der Waals surface area contributed by atoms with Crippen LogP contribution in [0.25, 0.3) is 11.1 Å². The molecule has 0 fully saturated rings. The smallest absolute Gasteiger partial charge is 0.165 e. The van der Waals surface area contributed by atoms with Crippen LogP contribution in [0.2, 0.25) is 0 Å². The second-order valence-electron chi connectivity index (χ2n) is 6.39. The van der Waals surface area contributed by atoms with Crippen molar-refractivity contribution in [2.24, 2.45) is 11.8 Å². The first-order chi connectivity index (χ1) is 11.0. The maximum Gasteiger partial charge on any atom is 0.165 e. The summed E-state index contributed by atoms with van der Waals surface area (Å²) in [5.74, 6) is 0.928. The van der Waals surface area contributed by atoms with E-state index in [0.717, 1.165) is 17.5 Å². The van der Waals surface area contributed by atoms with Gasteiger partial charge >= 0.3 is 0 Å². The van der Waals surface area contributed by atoms with Gasteiger partial charge in [-0.2, -0.15) is 0 Å². The molecule has 0 aliphatic rings. The van der Waals surface area contributed by atoms with Crippen molar-refractivity contribution in [1.82, 2.24) is 0 Å². The number of hydrogen-bond acceptors (Lipinski definition) is 1. The van der Waals surface area contributed by atoms with Crippen molar-refractivity contribution < 1.29 is 4.79 Å². The molecule has 0 bridgehead atoms. The van der Waals surface area contributed by atoms with E-state index in [0.29, 0.717) is 5.92 Å². The number of Topliss-reactive ketones (excluding diaryl/α,β-unsaturated/α-hetero) is 1. The molecule has 0 spiro atoms. The predicted octanol–water partition coefficient (Wildman–Crippen LogP) is 6.42. The van der Waals surface area contributed by atoms with Crippen molar-refractivity contribution in [3.8, 4) is 11.1 Å². The molecule has 0 atom stereocenters. The molecule has 0 heterocycles. The quantitative estimate of drug-likeness (QED) is 0.582. The first-order valence-corrected chi connectivity index (χ1v) is 8.71. The Labute approximate surface area is 141 Å². The zero-order chi connectivity index (χ0) is 17.4. The molecule has 0 amide bonds. The SMILES string of the molecule is CC.CC(C)Cc1ccc(-c2ccc(C(=O)C(C)C)cc2)cc1. The zero-order valence-electron chi connectivity index (χ0n) is 15.4. The monoisotopic (exact) mass is 310 g/mol. The molecule has 1 nitrogen and oxygen atoms in total. The minimum atomic E-state index is 0.0474. The maximum absolute atomic E-state index is 11.9. The highest BCUT2D eigenvalue weighted by atomic mass is 16.1. The van der Waals surface area contributed by atoms with Crippen LogP contribution in [-0.4, -0.2) is 5.78 Å². The van der Waals surface area contributed by atoms with Crippen LogP contribution in [0.1, 0.15) is 57.5 Å². The van der Waals surface area contributed by atoms with Gasteiger partial charge in [0.15, 0.2) is 5.78 Å². The lowest BCUT2D eigenvalue weighted by atomic mass is 9.96. The molecule has 0 aromatic heterocycles. The summed E-state index contributed by atoms with van der Waals surface area (Å²) in [6.07, 6.45) is 1.11. The summed E-state index contributed by atoms with van der Waals surface area (Å²) >= 11 is 0. The Balaban J connectivity index is 0.00000127. The van der Waals surface area contributed by atoms with E-state index in [1.807, 2.05) is 52.0 Å². The van der Waals surface area contributed by atoms with Gasteiger partial charge in [0.25, 0.3) is 0 Å². The van der Waals surface area contributed by atoms with Crippen molar-refractivity contribution in [2.75, 3.05) is 0 Å². The fourth-order valence-corrected chi connectivity index (χ4v) is 2.46. The molecule has 124 valence electrons. The van der Waals surface area contributed by atoms with Gasteiger partial charge < -0.3 is 0 Å². The van der Waals surface area contributed by atoms with Gasteiger partial charge in [-0.05, 0) is 29.0 Å². The summed E-state index contributed by atoms with van der Waals surface area (Å²) < 4.78 is 0. The van der Waals surface area contributed by atoms with Crippen molar-refractivity contribution in [1.29, 1.82) is 0 Å². The molecule has 2 aromatic carbocycles. The lowest BCUT2D eigenvalue weighted by Crippen LogP contribution is -2.06. The summed E-state index contributed by atoms with van der Waals surface area (Å²) in [7, 11) is 0. The Morgan fingerprint density at radius 3 is 1.61 bits per heavy atom. The molecule has 0 aliphatic carbocycles. The zero-order valence-corrected chi connectivity index (χ0v) is 15.4. The van der Waals surface area contributed by atoms with Crippen molar-refractivity contribution in [3.63, 3.8) is 0 Å². The topological polar surface area (TPSA) is 17.1 Å². The average Bonchev–Trinajstić information content (AvgIpc) is 2.56. The molecule has 0 N–H and O–H groups in total. The first kappa shape index (κ1) is 19.2. The van der Waals surface area contributed by atoms with Gasteiger partial charge in [0.2, 0.25) is 0 Å². The lowest BCUT2D eigenvalue weighted by molar-refractivity contribution is 0.0939. The van der Waals surface area contributed by atoms with Crippen LogP contribution in [0.15, 0.2) is 48.5 Å². The van der Waals surface area contributed by atoms with Crippen LogP contribution in [0.5, 0.6) is 0 Å². The van der Waals surface area contributed by atoms with Crippen LogP contribution >= 0.6 is 0 Å². The minimum absolute atomic E-state index is 0.0474. The highest BCUT2D eigenvalue weighted by Crippen LogP contribution is 2.22. The fraction of sp³-hybridized carbons (Fsp3) is 0.409. The Morgan fingerprint density at radius 1 is 0.783 bits per heavy atom. The van der Waals surface area contributed by atoms with Gasteiger partial charge in [-0.1, -0.05) is 90.1 Å². The minimum Gasteiger partial charge on any atom is -0.294 e. The van der Waals surface area contributed by atoms with Crippen LogP contribution in [0, 0.1) is 11.8 Å². The number of hydrogen-bond donors (Lipinski definition) is 0. The van der Waals surface area contributed by atoms with Gasteiger partial charge in [0.1, 0.15) is 0 Å². The second kappa shape index (κ2) is 9.29. The molecule has 2 rings (SSSR count). The normalized spacial score (nSPS) is 10.4. The second-order valence-corrected chi connectivity index (χ2v) is 6.39. The molecule has 23 heavy (non-hydrogen) atoms. The Morgan fingerprint density at radius 2 is 1.22 bits per heavy atom. The van der Waals surface area contributed by atoms with E-state index in [1.165, 1.54) is 11.1 Å².